The summed E-state index contributed by atoms with van der Waals surface area (Å²) in [7, 11) is 1.58. The van der Waals surface area contributed by atoms with Gasteiger partial charge >= 0.3 is 6.18 Å². The van der Waals surface area contributed by atoms with Crippen molar-refractivity contribution in [1.29, 1.82) is 0 Å². The first-order valence-electron chi connectivity index (χ1n) is 12.9. The van der Waals surface area contributed by atoms with Gasteiger partial charge in [0.1, 0.15) is 22.8 Å². The number of carbonyl (C=O) groups excluding carboxylic acids is 2. The molecule has 0 atom stereocenters. The number of ketones is 1. The zero-order chi connectivity index (χ0) is 30.6. The zero-order valence-corrected chi connectivity index (χ0v) is 23.0. The number of aromatic nitrogens is 3. The highest BCUT2D eigenvalue weighted by Crippen LogP contribution is 2.48. The number of anilines is 1. The summed E-state index contributed by atoms with van der Waals surface area (Å²) >= 11 is 5.47. The van der Waals surface area contributed by atoms with E-state index in [2.05, 4.69) is 10.3 Å². The molecule has 0 fully saturated rings. The summed E-state index contributed by atoms with van der Waals surface area (Å²) in [6.45, 7) is -0.0164. The summed E-state index contributed by atoms with van der Waals surface area (Å²) in [6, 6.07) is 7.04. The normalized spacial score (nSPS) is 13.2. The molecular weight excluding hydrogens is 595 g/mol. The minimum Gasteiger partial charge on any atom is -0.490 e. The minimum atomic E-state index is -4.75. The number of hydrogen-bond acceptors (Lipinski definition) is 4. The molecule has 0 aliphatic carbocycles. The fraction of sp³-hybridized carbons (Fsp3) is 0.167. The van der Waals surface area contributed by atoms with Crippen LogP contribution in [0.25, 0.3) is 27.7 Å². The monoisotopic (exact) mass is 614 g/mol. The number of fused-ring (bicyclic) bond motifs is 4. The van der Waals surface area contributed by atoms with Gasteiger partial charge in [-0.1, -0.05) is 12.1 Å². The first-order valence-corrected chi connectivity index (χ1v) is 13.4. The fourth-order valence-electron chi connectivity index (χ4n) is 5.32. The van der Waals surface area contributed by atoms with Gasteiger partial charge < -0.3 is 19.0 Å². The average molecular weight is 615 g/mol. The number of nitrogens with zero attached hydrogens (tertiary/aromatic N) is 3. The molecule has 1 N–H and O–H groups in total. The second-order valence-corrected chi connectivity index (χ2v) is 10.1. The molecule has 1 amide bonds. The van der Waals surface area contributed by atoms with Gasteiger partial charge in [0, 0.05) is 48.3 Å². The highest BCUT2D eigenvalue weighted by Gasteiger charge is 2.38. The highest BCUT2D eigenvalue weighted by molar-refractivity contribution is 6.19. The Labute approximate surface area is 245 Å². The lowest BCUT2D eigenvalue weighted by atomic mass is 9.94. The van der Waals surface area contributed by atoms with Crippen molar-refractivity contribution in [2.45, 2.75) is 12.6 Å². The van der Waals surface area contributed by atoms with Gasteiger partial charge in [-0.2, -0.15) is 13.2 Å². The number of carbonyl (C=O) groups is 2. The third-order valence-electron chi connectivity index (χ3n) is 7.18. The van der Waals surface area contributed by atoms with Gasteiger partial charge in [-0.05, 0) is 35.9 Å². The minimum absolute atomic E-state index is 0.0164. The molecule has 6 rings (SSSR count). The number of hydrogen-bond donors (Lipinski definition) is 1. The highest BCUT2D eigenvalue weighted by atomic mass is 35.5. The Kier molecular flexibility index (Phi) is 6.96. The van der Waals surface area contributed by atoms with Crippen LogP contribution in [0.4, 0.5) is 27.6 Å². The van der Waals surface area contributed by atoms with Crippen LogP contribution >= 0.6 is 11.6 Å². The fourth-order valence-corrected chi connectivity index (χ4v) is 5.41. The molecule has 220 valence electrons. The molecule has 5 aromatic rings. The van der Waals surface area contributed by atoms with Crippen LogP contribution in [0.1, 0.15) is 27.2 Å². The van der Waals surface area contributed by atoms with Crippen LogP contribution in [0.5, 0.6) is 5.75 Å². The molecule has 0 radical (unpaired) electrons. The Morgan fingerprint density at radius 2 is 1.91 bits per heavy atom. The quantitative estimate of drug-likeness (QED) is 0.104. The number of allylic oxidation sites excluding steroid dienone is 1. The van der Waals surface area contributed by atoms with Gasteiger partial charge in [0.15, 0.2) is 5.75 Å². The van der Waals surface area contributed by atoms with E-state index in [1.165, 1.54) is 45.8 Å². The van der Waals surface area contributed by atoms with E-state index in [9.17, 15) is 31.5 Å². The van der Waals surface area contributed by atoms with Crippen molar-refractivity contribution in [3.63, 3.8) is 0 Å². The van der Waals surface area contributed by atoms with E-state index in [0.29, 0.717) is 11.1 Å². The van der Waals surface area contributed by atoms with Crippen LogP contribution in [0, 0.1) is 11.6 Å². The van der Waals surface area contributed by atoms with E-state index in [1.54, 1.807) is 7.05 Å². The molecule has 0 bridgehead atoms. The molecule has 7 nitrogen and oxygen atoms in total. The van der Waals surface area contributed by atoms with Gasteiger partial charge in [0.05, 0.1) is 35.2 Å². The molecule has 0 unspecified atom stereocenters. The maximum atomic E-state index is 14.9. The van der Waals surface area contributed by atoms with E-state index < -0.39 is 40.8 Å². The van der Waals surface area contributed by atoms with Gasteiger partial charge in [-0.25, -0.2) is 13.8 Å². The third kappa shape index (κ3) is 4.81. The first kappa shape index (κ1) is 28.4. The standard InChI is InChI=1S/C30H20ClF5N4O3/c1-39-14-37-26-21(39)13-18(30(34,35)36)24-17-4-3-8-40-22(12-15(27(17)40)6-9-43-29(24)26)28(42)16-10-19(32)25(20(33)11-16)38-23(41)5-2-7-31/h2-5,8,10-14H,6-7,9H2,1H3,(H,38,41)/b5-2+. The van der Waals surface area contributed by atoms with Crippen LogP contribution in [-0.2, 0) is 24.4 Å². The number of halogens is 6. The zero-order valence-electron chi connectivity index (χ0n) is 22.2. The van der Waals surface area contributed by atoms with Gasteiger partial charge in [0.2, 0.25) is 11.7 Å². The average Bonchev–Trinajstić information content (AvgIpc) is 3.51. The summed E-state index contributed by atoms with van der Waals surface area (Å²) in [6.07, 6.45) is 0.657. The molecule has 4 heterocycles. The lowest BCUT2D eigenvalue weighted by molar-refractivity contribution is -0.137. The summed E-state index contributed by atoms with van der Waals surface area (Å²) in [5, 5.41) is 2.07. The lowest BCUT2D eigenvalue weighted by Crippen LogP contribution is -2.13. The second kappa shape index (κ2) is 10.5. The van der Waals surface area contributed by atoms with Crippen LogP contribution in [0.3, 0.4) is 0 Å². The number of alkyl halides is 4. The number of aryl methyl sites for hydroxylation is 1. The number of imidazole rings is 1. The van der Waals surface area contributed by atoms with Crippen LogP contribution in [-0.4, -0.2) is 38.1 Å². The first-order chi connectivity index (χ1) is 20.5. The molecular formula is C30H20ClF5N4O3. The molecule has 3 aromatic heterocycles. The Hall–Kier alpha value is -4.71. The number of ether oxygens (including phenoxy) is 1. The maximum Gasteiger partial charge on any atom is 0.417 e. The number of amides is 1. The van der Waals surface area contributed by atoms with Crippen molar-refractivity contribution >= 4 is 45.5 Å². The van der Waals surface area contributed by atoms with Gasteiger partial charge in [-0.15, -0.1) is 11.6 Å². The number of rotatable bonds is 5. The summed E-state index contributed by atoms with van der Waals surface area (Å²) in [5.41, 5.74) is -0.794. The van der Waals surface area contributed by atoms with Crippen molar-refractivity contribution < 1.29 is 36.3 Å². The summed E-state index contributed by atoms with van der Waals surface area (Å²) in [4.78, 5) is 29.8. The molecule has 1 aliphatic rings. The van der Waals surface area contributed by atoms with Crippen molar-refractivity contribution in [2.24, 2.45) is 7.05 Å². The van der Waals surface area contributed by atoms with Crippen molar-refractivity contribution in [2.75, 3.05) is 17.8 Å². The van der Waals surface area contributed by atoms with Crippen LogP contribution in [0.15, 0.2) is 61.1 Å². The second-order valence-electron chi connectivity index (χ2n) is 9.83. The van der Waals surface area contributed by atoms with Gasteiger partial charge in [0.25, 0.3) is 0 Å². The van der Waals surface area contributed by atoms with E-state index in [0.717, 1.165) is 24.3 Å². The molecule has 2 aromatic carbocycles. The summed E-state index contributed by atoms with van der Waals surface area (Å²) < 4.78 is 82.0. The van der Waals surface area contributed by atoms with Gasteiger partial charge in [-0.3, -0.25) is 9.59 Å². The van der Waals surface area contributed by atoms with Crippen LogP contribution in [0.2, 0.25) is 0 Å². The Morgan fingerprint density at radius 3 is 2.60 bits per heavy atom. The van der Waals surface area contributed by atoms with Crippen molar-refractivity contribution in [1.82, 2.24) is 14.0 Å². The largest absolute Gasteiger partial charge is 0.490 e. The predicted molar refractivity (Wildman–Crippen MR) is 150 cm³/mol. The molecule has 0 spiro atoms. The molecule has 43 heavy (non-hydrogen) atoms. The number of benzene rings is 2. The van der Waals surface area contributed by atoms with Crippen molar-refractivity contribution in [3.8, 4) is 16.9 Å². The van der Waals surface area contributed by atoms with E-state index in [4.69, 9.17) is 16.3 Å². The van der Waals surface area contributed by atoms with Crippen molar-refractivity contribution in [3.05, 3.63) is 95.1 Å². The third-order valence-corrected chi connectivity index (χ3v) is 7.36. The SMILES string of the molecule is Cn1cnc2c3c(c(C(F)(F)F)cc21)-c1cccn2c(C(=O)c4cc(F)c(NC(=O)/C=C/CCl)c(F)c4)cc(c12)CCO3. The van der Waals surface area contributed by atoms with E-state index >= 15 is 0 Å². The smallest absolute Gasteiger partial charge is 0.417 e. The number of pyridine rings is 1. The molecule has 0 saturated heterocycles. The molecule has 0 saturated carbocycles. The molecule has 13 heteroatoms. The summed E-state index contributed by atoms with van der Waals surface area (Å²) in [5.74, 6) is -3.99. The Morgan fingerprint density at radius 1 is 1.16 bits per heavy atom. The molecule has 1 aliphatic heterocycles. The van der Waals surface area contributed by atoms with E-state index in [-0.39, 0.29) is 58.1 Å². The Bertz CT molecular complexity index is 1970. The predicted octanol–water partition coefficient (Wildman–Crippen LogP) is 6.69. The topological polar surface area (TPSA) is 77.6 Å². The van der Waals surface area contributed by atoms with E-state index in [1.807, 2.05) is 0 Å². The number of nitrogens with one attached hydrogen (secondary N) is 1. The Balaban J connectivity index is 1.51. The lowest BCUT2D eigenvalue weighted by Gasteiger charge is -2.22. The van der Waals surface area contributed by atoms with Crippen LogP contribution < -0.4 is 10.1 Å². The maximum absolute atomic E-state index is 14.9.